The van der Waals surface area contributed by atoms with E-state index in [2.05, 4.69) is 24.5 Å². The molecule has 0 unspecified atom stereocenters. The number of rotatable bonds is 17. The zero-order valence-electron chi connectivity index (χ0n) is 14.8. The Morgan fingerprint density at radius 1 is 0.826 bits per heavy atom. The second-order valence-corrected chi connectivity index (χ2v) is 7.94. The van der Waals surface area contributed by atoms with Crippen LogP contribution < -0.4 is 10.6 Å². The highest BCUT2D eigenvalue weighted by Crippen LogP contribution is 1.87. The molecule has 0 aliphatic carbocycles. The van der Waals surface area contributed by atoms with Crippen LogP contribution in [0.4, 0.5) is 0 Å². The van der Waals surface area contributed by atoms with Crippen LogP contribution in [0, 0.1) is 0 Å². The van der Waals surface area contributed by atoms with E-state index in [1.54, 1.807) is 0 Å². The van der Waals surface area contributed by atoms with Crippen molar-refractivity contribution in [3.8, 4) is 0 Å². The third-order valence-electron chi connectivity index (χ3n) is 2.83. The highest BCUT2D eigenvalue weighted by Gasteiger charge is 2.00. The Morgan fingerprint density at radius 3 is 1.87 bits per heavy atom. The van der Waals surface area contributed by atoms with Gasteiger partial charge < -0.3 is 24.8 Å². The Kier molecular flexibility index (Phi) is 15.1. The van der Waals surface area contributed by atoms with Crippen molar-refractivity contribution in [3.63, 3.8) is 0 Å². The lowest BCUT2D eigenvalue weighted by atomic mass is 10.4. The van der Waals surface area contributed by atoms with Crippen molar-refractivity contribution < 1.29 is 22.6 Å². The lowest BCUT2D eigenvalue weighted by molar-refractivity contribution is 0.0156. The molecule has 0 spiro atoms. The summed E-state index contributed by atoms with van der Waals surface area (Å²) in [5.74, 6) is 0.226. The Balaban J connectivity index is 3.05. The van der Waals surface area contributed by atoms with E-state index in [0.29, 0.717) is 58.6 Å². The molecular formula is C15H34N2O5S. The molecule has 2 N–H and O–H groups in total. The third kappa shape index (κ3) is 21.8. The van der Waals surface area contributed by atoms with E-state index in [1.165, 1.54) is 6.26 Å². The van der Waals surface area contributed by atoms with Gasteiger partial charge in [0.15, 0.2) is 0 Å². The molecule has 0 fully saturated rings. The van der Waals surface area contributed by atoms with Crippen molar-refractivity contribution >= 4 is 9.84 Å². The van der Waals surface area contributed by atoms with E-state index >= 15 is 0 Å². The summed E-state index contributed by atoms with van der Waals surface area (Å²) in [6, 6.07) is 0.487. The average molecular weight is 355 g/mol. The van der Waals surface area contributed by atoms with Gasteiger partial charge in [0, 0.05) is 25.4 Å². The highest BCUT2D eigenvalue weighted by molar-refractivity contribution is 7.90. The minimum atomic E-state index is -2.85. The predicted molar refractivity (Wildman–Crippen MR) is 92.8 cm³/mol. The molecule has 0 aromatic carbocycles. The van der Waals surface area contributed by atoms with Gasteiger partial charge in [0.2, 0.25) is 0 Å². The fraction of sp³-hybridized carbons (Fsp3) is 1.00. The molecule has 0 saturated carbocycles. The van der Waals surface area contributed by atoms with Crippen molar-refractivity contribution in [2.75, 3.05) is 71.3 Å². The van der Waals surface area contributed by atoms with Crippen LogP contribution in [0.3, 0.4) is 0 Å². The molecule has 0 aliphatic rings. The van der Waals surface area contributed by atoms with E-state index in [0.717, 1.165) is 13.1 Å². The van der Waals surface area contributed by atoms with E-state index in [1.807, 2.05) is 0 Å². The first-order valence-corrected chi connectivity index (χ1v) is 10.3. The summed E-state index contributed by atoms with van der Waals surface area (Å²) in [4.78, 5) is 0. The maximum absolute atomic E-state index is 10.9. The van der Waals surface area contributed by atoms with Crippen LogP contribution >= 0.6 is 0 Å². The average Bonchev–Trinajstić information content (AvgIpc) is 2.45. The Morgan fingerprint density at radius 2 is 1.35 bits per heavy atom. The summed E-state index contributed by atoms with van der Waals surface area (Å²) in [7, 11) is -2.85. The number of hydrogen-bond donors (Lipinski definition) is 2. The second kappa shape index (κ2) is 15.3. The predicted octanol–water partition coefficient (Wildman–Crippen LogP) is 0.0585. The summed E-state index contributed by atoms with van der Waals surface area (Å²) < 4.78 is 38.0. The molecule has 8 heteroatoms. The molecule has 23 heavy (non-hydrogen) atoms. The molecule has 140 valence electrons. The summed E-state index contributed by atoms with van der Waals surface area (Å²) in [5, 5.41) is 6.42. The zero-order valence-corrected chi connectivity index (χ0v) is 15.6. The van der Waals surface area contributed by atoms with Gasteiger partial charge in [-0.05, 0) is 13.0 Å². The molecule has 0 amide bonds. The summed E-state index contributed by atoms with van der Waals surface area (Å²) in [5.41, 5.74) is 0. The van der Waals surface area contributed by atoms with Crippen LogP contribution in [-0.4, -0.2) is 85.7 Å². The fourth-order valence-electron chi connectivity index (χ4n) is 1.69. The number of sulfone groups is 1. The minimum Gasteiger partial charge on any atom is -0.378 e. The largest absolute Gasteiger partial charge is 0.378 e. The molecule has 7 nitrogen and oxygen atoms in total. The molecule has 0 saturated heterocycles. The standard InChI is InChI=1S/C15H34N2O5S/c1-15(2)17-7-9-21-11-13-22-12-10-20-8-6-16-5-4-14-23(3,18)19/h15-17H,4-14H2,1-3H3. The first kappa shape index (κ1) is 22.8. The first-order chi connectivity index (χ1) is 10.9. The van der Waals surface area contributed by atoms with E-state index in [4.69, 9.17) is 14.2 Å². The van der Waals surface area contributed by atoms with Gasteiger partial charge in [0.05, 0.1) is 45.4 Å². The van der Waals surface area contributed by atoms with Crippen molar-refractivity contribution in [1.82, 2.24) is 10.6 Å². The van der Waals surface area contributed by atoms with E-state index in [9.17, 15) is 8.42 Å². The van der Waals surface area contributed by atoms with Gasteiger partial charge in [0.1, 0.15) is 9.84 Å². The van der Waals surface area contributed by atoms with Gasteiger partial charge in [-0.2, -0.15) is 0 Å². The molecule has 0 aromatic rings. The van der Waals surface area contributed by atoms with Gasteiger partial charge in [-0.15, -0.1) is 0 Å². The molecule has 0 bridgehead atoms. The molecular weight excluding hydrogens is 320 g/mol. The summed E-state index contributed by atoms with van der Waals surface area (Å²) in [6.45, 7) is 10.1. The molecule has 0 atom stereocenters. The SMILES string of the molecule is CC(C)NCCOCCOCCOCCNCCCS(C)(=O)=O. The summed E-state index contributed by atoms with van der Waals surface area (Å²) in [6.07, 6.45) is 1.89. The Bertz CT molecular complexity index is 350. The molecule has 0 aromatic heterocycles. The number of nitrogens with one attached hydrogen (secondary N) is 2. The lowest BCUT2D eigenvalue weighted by Crippen LogP contribution is -2.27. The van der Waals surface area contributed by atoms with Crippen LogP contribution in [-0.2, 0) is 24.0 Å². The van der Waals surface area contributed by atoms with Gasteiger partial charge in [-0.3, -0.25) is 0 Å². The lowest BCUT2D eigenvalue weighted by Gasteiger charge is -2.09. The van der Waals surface area contributed by atoms with Gasteiger partial charge in [-0.25, -0.2) is 8.42 Å². The van der Waals surface area contributed by atoms with Crippen LogP contribution in [0.25, 0.3) is 0 Å². The molecule has 0 radical (unpaired) electrons. The van der Waals surface area contributed by atoms with Crippen LogP contribution in [0.2, 0.25) is 0 Å². The van der Waals surface area contributed by atoms with E-state index < -0.39 is 9.84 Å². The Hall–Kier alpha value is -0.250. The van der Waals surface area contributed by atoms with Crippen molar-refractivity contribution in [1.29, 1.82) is 0 Å². The van der Waals surface area contributed by atoms with E-state index in [-0.39, 0.29) is 5.75 Å². The molecule has 0 heterocycles. The monoisotopic (exact) mass is 354 g/mol. The number of ether oxygens (including phenoxy) is 3. The molecule has 0 aliphatic heterocycles. The first-order valence-electron chi connectivity index (χ1n) is 8.27. The number of hydrogen-bond acceptors (Lipinski definition) is 7. The van der Waals surface area contributed by atoms with Crippen LogP contribution in [0.5, 0.6) is 0 Å². The maximum Gasteiger partial charge on any atom is 0.147 e. The van der Waals surface area contributed by atoms with Crippen LogP contribution in [0.1, 0.15) is 20.3 Å². The smallest absolute Gasteiger partial charge is 0.147 e. The summed E-state index contributed by atoms with van der Waals surface area (Å²) >= 11 is 0. The Labute approximate surface area is 141 Å². The molecule has 0 rings (SSSR count). The van der Waals surface area contributed by atoms with Gasteiger partial charge in [0.25, 0.3) is 0 Å². The highest BCUT2D eigenvalue weighted by atomic mass is 32.2. The van der Waals surface area contributed by atoms with Gasteiger partial charge in [-0.1, -0.05) is 13.8 Å². The van der Waals surface area contributed by atoms with Gasteiger partial charge >= 0.3 is 0 Å². The zero-order chi connectivity index (χ0) is 17.4. The van der Waals surface area contributed by atoms with Crippen molar-refractivity contribution in [2.45, 2.75) is 26.3 Å². The quantitative estimate of drug-likeness (QED) is 0.357. The van der Waals surface area contributed by atoms with Crippen LogP contribution in [0.15, 0.2) is 0 Å². The minimum absolute atomic E-state index is 0.226. The van der Waals surface area contributed by atoms with Crippen molar-refractivity contribution in [2.24, 2.45) is 0 Å². The van der Waals surface area contributed by atoms with Crippen molar-refractivity contribution in [3.05, 3.63) is 0 Å². The topological polar surface area (TPSA) is 85.9 Å². The third-order valence-corrected chi connectivity index (χ3v) is 3.87. The second-order valence-electron chi connectivity index (χ2n) is 5.68. The normalized spacial score (nSPS) is 12.2. The fourth-order valence-corrected chi connectivity index (χ4v) is 2.36. The maximum atomic E-state index is 10.9.